The highest BCUT2D eigenvalue weighted by molar-refractivity contribution is 5.11. The minimum atomic E-state index is -0.300. The first-order valence-corrected chi connectivity index (χ1v) is 4.87. The van der Waals surface area contributed by atoms with Gasteiger partial charge in [0.2, 0.25) is 0 Å². The van der Waals surface area contributed by atoms with Gasteiger partial charge in [0.05, 0.1) is 6.10 Å². The van der Waals surface area contributed by atoms with Crippen LogP contribution in [0.2, 0.25) is 0 Å². The Morgan fingerprint density at radius 2 is 2.17 bits per heavy atom. The van der Waals surface area contributed by atoms with E-state index in [1.807, 2.05) is 6.92 Å². The predicted octanol–water partition coefficient (Wildman–Crippen LogP) is 2.66. The molecular weight excluding hydrogens is 148 g/mol. The van der Waals surface area contributed by atoms with Gasteiger partial charge in [0, 0.05) is 5.57 Å². The fraction of sp³-hybridized carbons (Fsp3) is 0.727. The van der Waals surface area contributed by atoms with Crippen LogP contribution in [0.15, 0.2) is 17.9 Å². The van der Waals surface area contributed by atoms with Crippen molar-refractivity contribution in [3.8, 4) is 0 Å². The molecule has 1 aliphatic carbocycles. The fourth-order valence-corrected chi connectivity index (χ4v) is 1.99. The van der Waals surface area contributed by atoms with Gasteiger partial charge < -0.3 is 5.11 Å². The molecule has 1 N–H and O–H groups in total. The highest BCUT2D eigenvalue weighted by Crippen LogP contribution is 2.32. The summed E-state index contributed by atoms with van der Waals surface area (Å²) in [6.07, 6.45) is 5.52. The van der Waals surface area contributed by atoms with Crippen molar-refractivity contribution in [2.45, 2.75) is 45.1 Å². The Morgan fingerprint density at radius 1 is 1.58 bits per heavy atom. The summed E-state index contributed by atoms with van der Waals surface area (Å²) in [6.45, 7) is 5.65. The molecule has 0 bridgehead atoms. The highest BCUT2D eigenvalue weighted by Gasteiger charge is 2.22. The first-order chi connectivity index (χ1) is 5.79. The molecule has 1 unspecified atom stereocenters. The molecule has 0 heterocycles. The van der Waals surface area contributed by atoms with Crippen molar-refractivity contribution in [2.24, 2.45) is 5.92 Å². The van der Waals surface area contributed by atoms with Gasteiger partial charge in [-0.2, -0.15) is 0 Å². The van der Waals surface area contributed by atoms with Crippen LogP contribution >= 0.6 is 0 Å². The van der Waals surface area contributed by atoms with Crippen LogP contribution in [0.5, 0.6) is 0 Å². The Labute approximate surface area is 74.8 Å². The lowest BCUT2D eigenvalue weighted by Crippen LogP contribution is -2.14. The van der Waals surface area contributed by atoms with Crippen molar-refractivity contribution in [3.05, 3.63) is 17.9 Å². The lowest BCUT2D eigenvalue weighted by atomic mass is 9.92. The third-order valence-electron chi connectivity index (χ3n) is 2.74. The Bertz CT molecular complexity index is 183. The maximum atomic E-state index is 9.64. The molecule has 0 aromatic rings. The molecule has 0 aliphatic heterocycles. The third kappa shape index (κ3) is 2.00. The van der Waals surface area contributed by atoms with Crippen molar-refractivity contribution in [1.29, 1.82) is 0 Å². The average Bonchev–Trinajstić information content (AvgIpc) is 2.58. The summed E-state index contributed by atoms with van der Waals surface area (Å²) in [4.78, 5) is 0. The van der Waals surface area contributed by atoms with Gasteiger partial charge in [-0.1, -0.05) is 26.3 Å². The van der Waals surface area contributed by atoms with Gasteiger partial charge in [0.15, 0.2) is 0 Å². The van der Waals surface area contributed by atoms with E-state index in [9.17, 15) is 5.11 Å². The third-order valence-corrected chi connectivity index (χ3v) is 2.74. The minimum absolute atomic E-state index is 0.300. The monoisotopic (exact) mass is 166 g/mol. The molecule has 1 aliphatic rings. The molecule has 1 rings (SSSR count). The summed E-state index contributed by atoms with van der Waals surface area (Å²) >= 11 is 0. The van der Waals surface area contributed by atoms with Crippen LogP contribution in [0, 0.1) is 5.92 Å². The van der Waals surface area contributed by atoms with E-state index in [0.717, 1.165) is 12.0 Å². The molecule has 0 aromatic heterocycles. The van der Waals surface area contributed by atoms with Gasteiger partial charge in [-0.3, -0.25) is 0 Å². The molecule has 68 valence electrons. The van der Waals surface area contributed by atoms with E-state index in [1.54, 1.807) is 0 Å². The molecular formula is C11H18O. The van der Waals surface area contributed by atoms with Crippen LogP contribution in [0.1, 0.15) is 39.0 Å². The van der Waals surface area contributed by atoms with E-state index >= 15 is 0 Å². The van der Waals surface area contributed by atoms with Gasteiger partial charge >= 0.3 is 0 Å². The SMILES string of the molecule is C=C=C(C(O)CC)C1CCCC1. The summed E-state index contributed by atoms with van der Waals surface area (Å²) in [6, 6.07) is 0. The maximum absolute atomic E-state index is 9.64. The first kappa shape index (κ1) is 9.57. The van der Waals surface area contributed by atoms with Gasteiger partial charge in [-0.15, -0.1) is 5.73 Å². The summed E-state index contributed by atoms with van der Waals surface area (Å²) in [7, 11) is 0. The topological polar surface area (TPSA) is 20.2 Å². The minimum Gasteiger partial charge on any atom is -0.388 e. The second-order valence-electron chi connectivity index (χ2n) is 3.54. The lowest BCUT2D eigenvalue weighted by molar-refractivity contribution is 0.193. The smallest absolute Gasteiger partial charge is 0.0823 e. The normalized spacial score (nSPS) is 20.5. The Morgan fingerprint density at radius 3 is 2.58 bits per heavy atom. The molecule has 0 spiro atoms. The quantitative estimate of drug-likeness (QED) is 0.639. The molecule has 1 heteroatoms. The van der Waals surface area contributed by atoms with E-state index in [0.29, 0.717) is 5.92 Å². The van der Waals surface area contributed by atoms with Crippen LogP contribution < -0.4 is 0 Å². The molecule has 1 fully saturated rings. The van der Waals surface area contributed by atoms with Crippen LogP contribution in [-0.4, -0.2) is 11.2 Å². The average molecular weight is 166 g/mol. The summed E-state index contributed by atoms with van der Waals surface area (Å²) < 4.78 is 0. The summed E-state index contributed by atoms with van der Waals surface area (Å²) in [5.41, 5.74) is 3.96. The number of rotatable bonds is 3. The second-order valence-corrected chi connectivity index (χ2v) is 3.54. The van der Waals surface area contributed by atoms with Crippen LogP contribution in [0.3, 0.4) is 0 Å². The van der Waals surface area contributed by atoms with Crippen molar-refractivity contribution >= 4 is 0 Å². The number of aliphatic hydroxyl groups is 1. The molecule has 0 aromatic carbocycles. The Kier molecular flexibility index (Phi) is 3.58. The van der Waals surface area contributed by atoms with Crippen molar-refractivity contribution in [2.75, 3.05) is 0 Å². The molecule has 0 amide bonds. The zero-order chi connectivity index (χ0) is 8.97. The highest BCUT2D eigenvalue weighted by atomic mass is 16.3. The van der Waals surface area contributed by atoms with E-state index < -0.39 is 0 Å². The van der Waals surface area contributed by atoms with E-state index in [-0.39, 0.29) is 6.10 Å². The van der Waals surface area contributed by atoms with Crippen LogP contribution in [-0.2, 0) is 0 Å². The Balaban J connectivity index is 2.61. The maximum Gasteiger partial charge on any atom is 0.0823 e. The van der Waals surface area contributed by atoms with E-state index in [4.69, 9.17) is 0 Å². The molecule has 1 atom stereocenters. The largest absolute Gasteiger partial charge is 0.388 e. The standard InChI is InChI=1S/C11H18O/c1-3-10(11(12)4-2)9-7-5-6-8-9/h9,11-12H,1,4-8H2,2H3. The van der Waals surface area contributed by atoms with Crippen molar-refractivity contribution < 1.29 is 5.11 Å². The van der Waals surface area contributed by atoms with Crippen molar-refractivity contribution in [3.63, 3.8) is 0 Å². The van der Waals surface area contributed by atoms with E-state index in [1.165, 1.54) is 25.7 Å². The summed E-state index contributed by atoms with van der Waals surface area (Å²) in [5.74, 6) is 0.567. The fourth-order valence-electron chi connectivity index (χ4n) is 1.99. The van der Waals surface area contributed by atoms with Crippen LogP contribution in [0.4, 0.5) is 0 Å². The second kappa shape index (κ2) is 4.49. The van der Waals surface area contributed by atoms with Crippen molar-refractivity contribution in [1.82, 2.24) is 0 Å². The van der Waals surface area contributed by atoms with Gasteiger partial charge in [0.1, 0.15) is 0 Å². The van der Waals surface area contributed by atoms with Gasteiger partial charge in [-0.05, 0) is 25.2 Å². The predicted molar refractivity (Wildman–Crippen MR) is 50.9 cm³/mol. The lowest BCUT2D eigenvalue weighted by Gasteiger charge is -2.16. The number of aliphatic hydroxyl groups excluding tert-OH is 1. The molecule has 12 heavy (non-hydrogen) atoms. The van der Waals surface area contributed by atoms with Crippen LogP contribution in [0.25, 0.3) is 0 Å². The van der Waals surface area contributed by atoms with Gasteiger partial charge in [-0.25, -0.2) is 0 Å². The number of hydrogen-bond donors (Lipinski definition) is 1. The number of hydrogen-bond acceptors (Lipinski definition) is 1. The Hall–Kier alpha value is -0.520. The molecule has 0 saturated heterocycles. The zero-order valence-electron chi connectivity index (χ0n) is 7.84. The zero-order valence-corrected chi connectivity index (χ0v) is 7.84. The summed E-state index contributed by atoms with van der Waals surface area (Å²) in [5, 5.41) is 9.64. The van der Waals surface area contributed by atoms with E-state index in [2.05, 4.69) is 12.3 Å². The first-order valence-electron chi connectivity index (χ1n) is 4.87. The molecule has 1 nitrogen and oxygen atoms in total. The van der Waals surface area contributed by atoms with Gasteiger partial charge in [0.25, 0.3) is 0 Å². The molecule has 1 saturated carbocycles. The molecule has 0 radical (unpaired) electrons.